The second kappa shape index (κ2) is 23.2. The van der Waals surface area contributed by atoms with Gasteiger partial charge in [-0.25, -0.2) is 9.65 Å². The zero-order chi connectivity index (χ0) is 49.9. The van der Waals surface area contributed by atoms with Gasteiger partial charge in [-0.1, -0.05) is 91.0 Å². The molecule has 0 saturated carbocycles. The van der Waals surface area contributed by atoms with Gasteiger partial charge in [-0.3, -0.25) is 19.5 Å². The third-order valence-electron chi connectivity index (χ3n) is 12.0. The smallest absolute Gasteiger partial charge is 0.259 e. The van der Waals surface area contributed by atoms with Crippen molar-refractivity contribution in [3.63, 3.8) is 0 Å². The Morgan fingerprint density at radius 2 is 1.31 bits per heavy atom. The van der Waals surface area contributed by atoms with E-state index in [0.29, 0.717) is 22.6 Å². The zero-order valence-electron chi connectivity index (χ0n) is 40.5. The summed E-state index contributed by atoms with van der Waals surface area (Å²) in [6.07, 6.45) is -0.122. The number of nitriles is 1. The second-order valence-corrected chi connectivity index (χ2v) is 18.6. The lowest BCUT2D eigenvalue weighted by atomic mass is 9.80. The SMILES string of the molecule is COc1ccc(C(OC[C@H]2O[C@@H](n3cnc4c(NC(=O)c5ccccc5)nc(NC(=O)c5ccccc5)nc43)C[C@@H]2OP(OCCC#N)N(C(C)C)C(C)C)(c2ccccc2)c2ccc(OC)cc2)cc1. The molecule has 1 aliphatic rings. The summed E-state index contributed by atoms with van der Waals surface area (Å²) in [7, 11) is 1.51. The van der Waals surface area contributed by atoms with E-state index in [1.807, 2.05) is 91.0 Å². The van der Waals surface area contributed by atoms with Crippen molar-refractivity contribution < 1.29 is 37.6 Å². The van der Waals surface area contributed by atoms with Crippen molar-refractivity contribution in [3.8, 4) is 17.6 Å². The molecular formula is C54H57N8O8P. The molecule has 7 aromatic rings. The minimum atomic E-state index is -1.75. The molecule has 366 valence electrons. The highest BCUT2D eigenvalue weighted by Crippen LogP contribution is 2.51. The van der Waals surface area contributed by atoms with Crippen LogP contribution in [0.5, 0.6) is 11.5 Å². The number of nitrogens with one attached hydrogen (secondary N) is 2. The normalized spacial score (nSPS) is 16.3. The first kappa shape index (κ1) is 50.3. The molecule has 8 rings (SSSR count). The zero-order valence-corrected chi connectivity index (χ0v) is 41.4. The Bertz CT molecular complexity index is 2850. The summed E-state index contributed by atoms with van der Waals surface area (Å²) in [4.78, 5) is 41.3. The molecule has 2 amide bonds. The Balaban J connectivity index is 1.22. The molecule has 0 radical (unpaired) electrons. The maximum Gasteiger partial charge on any atom is 0.259 e. The van der Waals surface area contributed by atoms with Gasteiger partial charge in [0, 0.05) is 29.6 Å². The van der Waals surface area contributed by atoms with Gasteiger partial charge in [-0.2, -0.15) is 15.2 Å². The molecule has 4 atom stereocenters. The summed E-state index contributed by atoms with van der Waals surface area (Å²) in [5.74, 6) is 0.526. The van der Waals surface area contributed by atoms with E-state index in [-0.39, 0.29) is 61.1 Å². The highest BCUT2D eigenvalue weighted by molar-refractivity contribution is 7.44. The summed E-state index contributed by atoms with van der Waals surface area (Å²) in [6.45, 7) is 8.51. The summed E-state index contributed by atoms with van der Waals surface area (Å²) >= 11 is 0. The van der Waals surface area contributed by atoms with Gasteiger partial charge in [0.2, 0.25) is 5.95 Å². The molecule has 71 heavy (non-hydrogen) atoms. The minimum absolute atomic E-state index is 0.0111. The van der Waals surface area contributed by atoms with Gasteiger partial charge < -0.3 is 33.3 Å². The lowest BCUT2D eigenvalue weighted by Crippen LogP contribution is -2.39. The van der Waals surface area contributed by atoms with Crippen LogP contribution < -0.4 is 20.1 Å². The van der Waals surface area contributed by atoms with E-state index in [1.165, 1.54) is 0 Å². The lowest BCUT2D eigenvalue weighted by Gasteiger charge is -2.39. The number of ether oxygens (including phenoxy) is 4. The van der Waals surface area contributed by atoms with Crippen molar-refractivity contribution in [1.82, 2.24) is 24.2 Å². The van der Waals surface area contributed by atoms with Crippen LogP contribution in [0.15, 0.2) is 146 Å². The molecule has 1 saturated heterocycles. The molecule has 3 heterocycles. The fraction of sp³-hybridized carbons (Fsp3) is 0.296. The largest absolute Gasteiger partial charge is 0.497 e. The van der Waals surface area contributed by atoms with Gasteiger partial charge in [0.1, 0.15) is 29.4 Å². The van der Waals surface area contributed by atoms with Crippen LogP contribution in [0.4, 0.5) is 11.8 Å². The van der Waals surface area contributed by atoms with Crippen LogP contribution in [0.3, 0.4) is 0 Å². The van der Waals surface area contributed by atoms with Crippen LogP contribution in [0.2, 0.25) is 0 Å². The van der Waals surface area contributed by atoms with Gasteiger partial charge in [0.05, 0.1) is 52.4 Å². The predicted octanol–water partition coefficient (Wildman–Crippen LogP) is 10.3. The van der Waals surface area contributed by atoms with E-state index < -0.39 is 44.4 Å². The predicted molar refractivity (Wildman–Crippen MR) is 271 cm³/mol. The van der Waals surface area contributed by atoms with Gasteiger partial charge >= 0.3 is 0 Å². The number of rotatable bonds is 21. The average molecular weight is 977 g/mol. The fourth-order valence-corrected chi connectivity index (χ4v) is 10.4. The van der Waals surface area contributed by atoms with Crippen molar-refractivity contribution in [3.05, 3.63) is 174 Å². The topological polar surface area (TPSA) is 184 Å². The van der Waals surface area contributed by atoms with Gasteiger partial charge in [-0.15, -0.1) is 0 Å². The Hall–Kier alpha value is -7.09. The quantitative estimate of drug-likeness (QED) is 0.0394. The van der Waals surface area contributed by atoms with Crippen LogP contribution in [0, 0.1) is 11.3 Å². The maximum atomic E-state index is 13.6. The number of nitrogens with zero attached hydrogens (tertiary/aromatic N) is 6. The van der Waals surface area contributed by atoms with E-state index in [2.05, 4.69) is 54.1 Å². The van der Waals surface area contributed by atoms with E-state index in [9.17, 15) is 14.9 Å². The van der Waals surface area contributed by atoms with Crippen molar-refractivity contribution in [2.24, 2.45) is 0 Å². The van der Waals surface area contributed by atoms with Crippen LogP contribution in [-0.4, -0.2) is 87.7 Å². The molecule has 0 bridgehead atoms. The van der Waals surface area contributed by atoms with Crippen molar-refractivity contribution in [1.29, 1.82) is 5.26 Å². The monoisotopic (exact) mass is 976 g/mol. The molecule has 16 nitrogen and oxygen atoms in total. The molecule has 17 heteroatoms. The first-order chi connectivity index (χ1) is 34.5. The second-order valence-electron chi connectivity index (χ2n) is 17.2. The van der Waals surface area contributed by atoms with Gasteiger partial charge in [-0.05, 0) is 92.9 Å². The first-order valence-electron chi connectivity index (χ1n) is 23.4. The van der Waals surface area contributed by atoms with Crippen LogP contribution in [-0.2, 0) is 24.1 Å². The highest BCUT2D eigenvalue weighted by Gasteiger charge is 2.45. The third kappa shape index (κ3) is 11.4. The molecule has 5 aromatic carbocycles. The number of hydrogen-bond acceptors (Lipinski definition) is 13. The number of methoxy groups -OCH3 is 2. The van der Waals surface area contributed by atoms with Crippen LogP contribution >= 0.6 is 8.53 Å². The van der Waals surface area contributed by atoms with Crippen molar-refractivity contribution >= 4 is 43.3 Å². The Morgan fingerprint density at radius 1 is 0.775 bits per heavy atom. The molecular weight excluding hydrogens is 920 g/mol. The standard InChI is InChI=1S/C54H57N8O8P/c1-36(2)62(37(3)4)71(68-32-16-31-55)70-45-33-47(61-35-56-48-49(57-51(63)38-17-10-7-11-18-38)58-53(59-50(48)61)60-52(64)39-19-12-8-13-20-39)69-46(45)34-67-54(40-21-14-9-15-22-40,41-23-27-43(65-5)28-24-41)42-25-29-44(66-6)30-26-42/h7-15,17-30,35-37,45-47H,16,32-34H2,1-6H3,(H2,57,58,59,60,63,64)/t45-,46+,47+,71?/m0/s1. The number of fused-ring (bicyclic) bond motifs is 1. The Kier molecular flexibility index (Phi) is 16.4. The Morgan fingerprint density at radius 3 is 1.85 bits per heavy atom. The number of anilines is 2. The number of aromatic nitrogens is 4. The van der Waals surface area contributed by atoms with E-state index in [1.54, 1.807) is 73.6 Å². The molecule has 1 unspecified atom stereocenters. The molecule has 2 aromatic heterocycles. The highest BCUT2D eigenvalue weighted by atomic mass is 31.2. The van der Waals surface area contributed by atoms with Gasteiger partial charge in [0.15, 0.2) is 17.0 Å². The fourth-order valence-electron chi connectivity index (χ4n) is 8.63. The van der Waals surface area contributed by atoms with Crippen molar-refractivity contribution in [2.45, 2.75) is 76.7 Å². The molecule has 0 aliphatic carbocycles. The van der Waals surface area contributed by atoms with Crippen LogP contribution in [0.1, 0.15) is 84.2 Å². The summed E-state index contributed by atoms with van der Waals surface area (Å²) in [5.41, 5.74) is 2.69. The summed E-state index contributed by atoms with van der Waals surface area (Å²) in [5, 5.41) is 15.2. The molecule has 1 aliphatic heterocycles. The minimum Gasteiger partial charge on any atom is -0.497 e. The van der Waals surface area contributed by atoms with Crippen molar-refractivity contribution in [2.75, 3.05) is 38.1 Å². The number of carbonyl (C=O) groups is 2. The number of carbonyl (C=O) groups excluding carboxylic acids is 2. The van der Waals surface area contributed by atoms with Crippen LogP contribution in [0.25, 0.3) is 11.2 Å². The number of hydrogen-bond donors (Lipinski definition) is 2. The number of amides is 2. The maximum absolute atomic E-state index is 13.6. The summed E-state index contributed by atoms with van der Waals surface area (Å²) in [6, 6.07) is 45.2. The Labute approximate surface area is 414 Å². The summed E-state index contributed by atoms with van der Waals surface area (Å²) < 4.78 is 43.2. The molecule has 1 fully saturated rings. The molecule has 0 spiro atoms. The first-order valence-corrected chi connectivity index (χ1v) is 24.5. The average Bonchev–Trinajstić information content (AvgIpc) is 4.01. The van der Waals surface area contributed by atoms with E-state index in [4.69, 9.17) is 38.0 Å². The number of imidazole rings is 1. The van der Waals surface area contributed by atoms with E-state index in [0.717, 1.165) is 16.7 Å². The number of benzene rings is 5. The van der Waals surface area contributed by atoms with E-state index >= 15 is 0 Å². The van der Waals surface area contributed by atoms with Gasteiger partial charge in [0.25, 0.3) is 20.3 Å². The lowest BCUT2D eigenvalue weighted by molar-refractivity contribution is -0.0912. The molecule has 2 N–H and O–H groups in total. The third-order valence-corrected chi connectivity index (χ3v) is 14.1.